The fourth-order valence-corrected chi connectivity index (χ4v) is 8.47. The fraction of sp³-hybridized carbons (Fsp3) is 0.500. The van der Waals surface area contributed by atoms with Crippen LogP contribution in [0.3, 0.4) is 0 Å². The third-order valence-corrected chi connectivity index (χ3v) is 10.3. The number of halogens is 1. The van der Waals surface area contributed by atoms with E-state index in [1.165, 1.54) is 56.6 Å². The number of aliphatic hydroxyl groups is 1. The van der Waals surface area contributed by atoms with Crippen LogP contribution < -0.4 is 0 Å². The van der Waals surface area contributed by atoms with Gasteiger partial charge in [0.15, 0.2) is 5.76 Å². The number of fused-ring (bicyclic) bond motifs is 3. The third-order valence-electron chi connectivity index (χ3n) is 8.92. The summed E-state index contributed by atoms with van der Waals surface area (Å²) in [5.41, 5.74) is 0.562. The topological polar surface area (TPSA) is 46.3 Å². The van der Waals surface area contributed by atoms with E-state index in [-0.39, 0.29) is 18.3 Å². The predicted molar refractivity (Wildman–Crippen MR) is 147 cm³/mol. The van der Waals surface area contributed by atoms with Crippen molar-refractivity contribution in [2.24, 2.45) is 11.8 Å². The molecular weight excluding hydrogens is 488 g/mol. The molecule has 1 unspecified atom stereocenters. The lowest BCUT2D eigenvalue weighted by molar-refractivity contribution is -0.954. The summed E-state index contributed by atoms with van der Waals surface area (Å²) in [7, 11) is 0. The molecule has 7 rings (SSSR count). The Hall–Kier alpha value is -1.79. The van der Waals surface area contributed by atoms with E-state index in [1.54, 1.807) is 0 Å². The van der Waals surface area contributed by atoms with Crippen LogP contribution in [0.25, 0.3) is 0 Å². The van der Waals surface area contributed by atoms with Crippen LogP contribution in [0.1, 0.15) is 62.0 Å². The molecule has 3 saturated heterocycles. The van der Waals surface area contributed by atoms with Crippen LogP contribution in [0.15, 0.2) is 76.1 Å². The van der Waals surface area contributed by atoms with Crippen molar-refractivity contribution < 1.29 is 14.1 Å². The number of rotatable bonds is 7. The van der Waals surface area contributed by atoms with E-state index in [9.17, 15) is 5.11 Å². The van der Waals surface area contributed by atoms with E-state index in [2.05, 4.69) is 53.3 Å². The monoisotopic (exact) mass is 525 g/mol. The number of nitrogens with zero attached hydrogens (tertiary/aromatic N) is 2. The van der Waals surface area contributed by atoms with Crippen LogP contribution in [-0.2, 0) is 12.1 Å². The van der Waals surface area contributed by atoms with Crippen molar-refractivity contribution in [3.05, 3.63) is 83.7 Å². The molecule has 1 N–H and O–H groups in total. The van der Waals surface area contributed by atoms with Gasteiger partial charge in [0.2, 0.25) is 0 Å². The zero-order valence-electron chi connectivity index (χ0n) is 20.9. The Labute approximate surface area is 225 Å². The fourth-order valence-electron chi connectivity index (χ4n) is 6.95. The minimum atomic E-state index is -1.08. The molecule has 192 valence electrons. The lowest BCUT2D eigenvalue weighted by Crippen LogP contribution is -2.62. The maximum absolute atomic E-state index is 12.2. The van der Waals surface area contributed by atoms with Gasteiger partial charge in [-0.3, -0.25) is 0 Å². The molecule has 4 nitrogen and oxygen atoms in total. The second kappa shape index (κ2) is 10.9. The van der Waals surface area contributed by atoms with Crippen LogP contribution in [0.4, 0.5) is 0 Å². The van der Waals surface area contributed by atoms with Crippen molar-refractivity contribution in [3.8, 4) is 0 Å². The van der Waals surface area contributed by atoms with Gasteiger partial charge in [-0.05, 0) is 42.4 Å². The van der Waals surface area contributed by atoms with Gasteiger partial charge in [-0.2, -0.15) is 0 Å². The van der Waals surface area contributed by atoms with Crippen LogP contribution >= 0.6 is 24.2 Å². The Bertz CT molecular complexity index is 1110. The smallest absolute Gasteiger partial charge is 0.191 e. The van der Waals surface area contributed by atoms with Gasteiger partial charge in [0, 0.05) is 23.8 Å². The lowest BCUT2D eigenvalue weighted by atomic mass is 9.71. The first kappa shape index (κ1) is 25.8. The van der Waals surface area contributed by atoms with Crippen LogP contribution in [0, 0.1) is 11.8 Å². The van der Waals surface area contributed by atoms with Gasteiger partial charge < -0.3 is 14.1 Å². The Kier molecular flexibility index (Phi) is 7.83. The molecular formula is C30H38ClN2O2S+. The molecule has 4 aliphatic rings. The van der Waals surface area contributed by atoms with E-state index in [0.717, 1.165) is 41.1 Å². The summed E-state index contributed by atoms with van der Waals surface area (Å²) in [4.78, 5) is 1.38. The van der Waals surface area contributed by atoms with E-state index in [1.807, 2.05) is 30.3 Å². The number of hydrogen-bond acceptors (Lipinski definition) is 4. The SMILES string of the molecule is Cl.OC(c1ccccc1)(c1cc(C[N+]23CCC(CC2)[C@@H](Sc2ccccc2)C3)on1)C1CCCCC1. The second-order valence-electron chi connectivity index (χ2n) is 11.1. The number of hydrogen-bond donors (Lipinski definition) is 1. The molecule has 2 bridgehead atoms. The van der Waals surface area contributed by atoms with Gasteiger partial charge in [-0.25, -0.2) is 0 Å². The largest absolute Gasteiger partial charge is 0.378 e. The molecule has 4 fully saturated rings. The summed E-state index contributed by atoms with van der Waals surface area (Å²) in [5, 5.41) is 17.4. The van der Waals surface area contributed by atoms with E-state index in [0.29, 0.717) is 10.9 Å². The van der Waals surface area contributed by atoms with Crippen molar-refractivity contribution >= 4 is 24.2 Å². The number of thioether (sulfide) groups is 1. The van der Waals surface area contributed by atoms with Crippen molar-refractivity contribution in [1.82, 2.24) is 5.16 Å². The number of aromatic nitrogens is 1. The molecule has 0 spiro atoms. The number of benzene rings is 2. The lowest BCUT2D eigenvalue weighted by Gasteiger charge is -2.52. The molecule has 6 heteroatoms. The summed E-state index contributed by atoms with van der Waals surface area (Å²) >= 11 is 2.06. The zero-order valence-corrected chi connectivity index (χ0v) is 22.6. The molecule has 3 aromatic rings. The number of quaternary nitrogens is 1. The highest BCUT2D eigenvalue weighted by Gasteiger charge is 2.48. The molecule has 1 aromatic heterocycles. The predicted octanol–water partition coefficient (Wildman–Crippen LogP) is 6.81. The van der Waals surface area contributed by atoms with E-state index in [4.69, 9.17) is 4.52 Å². The molecule has 2 aromatic carbocycles. The standard InChI is InChI=1S/C30H37N2O2S.ClH/c33-30(24-10-4-1-5-11-24,25-12-6-2-7-13-25)29-20-26(34-31-29)21-32-18-16-23(17-19-32)28(22-32)35-27-14-8-3-9-15-27;/h1,3-5,8-11,14-15,20,23,25,28,33H,2,6-7,12-13,16-19,21-22H2;1H/q+1;/t23?,28-,30?,32?;/m0./s1. The average molecular weight is 526 g/mol. The first-order valence-corrected chi connectivity index (χ1v) is 14.3. The summed E-state index contributed by atoms with van der Waals surface area (Å²) in [6, 6.07) is 23.1. The Morgan fingerprint density at radius 2 is 1.58 bits per heavy atom. The van der Waals surface area contributed by atoms with Crippen molar-refractivity contribution in [1.29, 1.82) is 0 Å². The molecule has 3 aliphatic heterocycles. The Morgan fingerprint density at radius 1 is 0.917 bits per heavy atom. The van der Waals surface area contributed by atoms with E-state index >= 15 is 0 Å². The third kappa shape index (κ3) is 5.00. The Morgan fingerprint density at radius 3 is 2.28 bits per heavy atom. The Balaban J connectivity index is 0.00000267. The highest BCUT2D eigenvalue weighted by atomic mass is 35.5. The first-order valence-electron chi connectivity index (χ1n) is 13.5. The normalized spacial score (nSPS) is 27.8. The summed E-state index contributed by atoms with van der Waals surface area (Å²) in [6.07, 6.45) is 8.26. The average Bonchev–Trinajstić information content (AvgIpc) is 3.39. The molecule has 36 heavy (non-hydrogen) atoms. The molecule has 2 atom stereocenters. The van der Waals surface area contributed by atoms with Gasteiger partial charge in [-0.1, -0.05) is 73.0 Å². The van der Waals surface area contributed by atoms with Crippen LogP contribution in [-0.4, -0.2) is 39.6 Å². The van der Waals surface area contributed by atoms with Gasteiger partial charge >= 0.3 is 0 Å². The summed E-state index contributed by atoms with van der Waals surface area (Å²) in [5.74, 6) is 1.93. The maximum Gasteiger partial charge on any atom is 0.191 e. The van der Waals surface area contributed by atoms with Crippen molar-refractivity contribution in [2.45, 2.75) is 67.2 Å². The highest BCUT2D eigenvalue weighted by molar-refractivity contribution is 8.00. The molecule has 4 heterocycles. The summed E-state index contributed by atoms with van der Waals surface area (Å²) in [6.45, 7) is 4.50. The second-order valence-corrected chi connectivity index (χ2v) is 12.4. The van der Waals surface area contributed by atoms with Crippen LogP contribution in [0.2, 0.25) is 0 Å². The van der Waals surface area contributed by atoms with Gasteiger partial charge in [0.1, 0.15) is 17.8 Å². The first-order chi connectivity index (χ1) is 17.1. The van der Waals surface area contributed by atoms with E-state index < -0.39 is 5.60 Å². The maximum atomic E-state index is 12.2. The number of piperidine rings is 3. The van der Waals surface area contributed by atoms with Crippen LogP contribution in [0.5, 0.6) is 0 Å². The highest BCUT2D eigenvalue weighted by Crippen LogP contribution is 2.45. The molecule has 0 amide bonds. The minimum Gasteiger partial charge on any atom is -0.378 e. The molecule has 1 aliphatic carbocycles. The van der Waals surface area contributed by atoms with Gasteiger partial charge in [0.25, 0.3) is 0 Å². The summed E-state index contributed by atoms with van der Waals surface area (Å²) < 4.78 is 7.08. The quantitative estimate of drug-likeness (QED) is 0.344. The van der Waals surface area contributed by atoms with Gasteiger partial charge in [-0.15, -0.1) is 24.2 Å². The van der Waals surface area contributed by atoms with Gasteiger partial charge in [0.05, 0.1) is 24.9 Å². The van der Waals surface area contributed by atoms with Crippen molar-refractivity contribution in [3.63, 3.8) is 0 Å². The zero-order chi connectivity index (χ0) is 23.7. The molecule has 1 saturated carbocycles. The minimum absolute atomic E-state index is 0. The molecule has 0 radical (unpaired) electrons. The van der Waals surface area contributed by atoms with Crippen molar-refractivity contribution in [2.75, 3.05) is 19.6 Å².